The summed E-state index contributed by atoms with van der Waals surface area (Å²) in [6, 6.07) is 5.89. The third-order valence-corrected chi connectivity index (χ3v) is 2.53. The van der Waals surface area contributed by atoms with Crippen molar-refractivity contribution in [2.75, 3.05) is 0 Å². The van der Waals surface area contributed by atoms with Crippen molar-refractivity contribution in [3.63, 3.8) is 0 Å². The Hall–Kier alpha value is -0.480. The SMILES string of the molecule is Brc1cc(Br)cc(C2OC=CO2)c1. The van der Waals surface area contributed by atoms with Crippen LogP contribution in [-0.2, 0) is 9.47 Å². The molecular formula is C9H6Br2O2. The molecule has 0 fully saturated rings. The molecule has 1 aliphatic rings. The van der Waals surface area contributed by atoms with Gasteiger partial charge in [-0.15, -0.1) is 0 Å². The molecule has 1 aliphatic heterocycles. The smallest absolute Gasteiger partial charge is 0.266 e. The van der Waals surface area contributed by atoms with Crippen molar-refractivity contribution in [1.82, 2.24) is 0 Å². The summed E-state index contributed by atoms with van der Waals surface area (Å²) in [6.45, 7) is 0. The van der Waals surface area contributed by atoms with E-state index in [1.807, 2.05) is 18.2 Å². The Morgan fingerprint density at radius 3 is 2.00 bits per heavy atom. The average Bonchev–Trinajstić information content (AvgIpc) is 2.53. The van der Waals surface area contributed by atoms with E-state index < -0.39 is 0 Å². The van der Waals surface area contributed by atoms with Crippen molar-refractivity contribution < 1.29 is 9.47 Å². The van der Waals surface area contributed by atoms with Crippen LogP contribution in [0.15, 0.2) is 39.7 Å². The Morgan fingerprint density at radius 2 is 1.46 bits per heavy atom. The summed E-state index contributed by atoms with van der Waals surface area (Å²) in [5, 5.41) is 0. The molecule has 2 nitrogen and oxygen atoms in total. The fourth-order valence-corrected chi connectivity index (χ4v) is 2.44. The van der Waals surface area contributed by atoms with E-state index in [9.17, 15) is 0 Å². The summed E-state index contributed by atoms with van der Waals surface area (Å²) in [7, 11) is 0. The third kappa shape index (κ3) is 2.06. The molecule has 0 N–H and O–H groups in total. The molecule has 0 aromatic heterocycles. The largest absolute Gasteiger partial charge is 0.455 e. The minimum atomic E-state index is -0.311. The van der Waals surface area contributed by atoms with Crippen molar-refractivity contribution in [1.29, 1.82) is 0 Å². The first kappa shape index (κ1) is 9.09. The summed E-state index contributed by atoms with van der Waals surface area (Å²) >= 11 is 6.80. The second-order valence-electron chi connectivity index (χ2n) is 2.58. The monoisotopic (exact) mass is 304 g/mol. The quantitative estimate of drug-likeness (QED) is 0.787. The fraction of sp³-hybridized carbons (Fsp3) is 0.111. The zero-order valence-electron chi connectivity index (χ0n) is 6.54. The first-order valence-corrected chi connectivity index (χ1v) is 5.26. The molecule has 0 saturated carbocycles. The van der Waals surface area contributed by atoms with Gasteiger partial charge in [0.25, 0.3) is 6.29 Å². The standard InChI is InChI=1S/C9H6Br2O2/c10-7-3-6(4-8(11)5-7)9-12-1-2-13-9/h1-5,9H. The van der Waals surface area contributed by atoms with Gasteiger partial charge in [0.1, 0.15) is 12.5 Å². The van der Waals surface area contributed by atoms with E-state index in [-0.39, 0.29) is 6.29 Å². The topological polar surface area (TPSA) is 18.5 Å². The van der Waals surface area contributed by atoms with Crippen LogP contribution in [0.4, 0.5) is 0 Å². The summed E-state index contributed by atoms with van der Waals surface area (Å²) in [6.07, 6.45) is 2.77. The van der Waals surface area contributed by atoms with Crippen LogP contribution in [-0.4, -0.2) is 0 Å². The highest BCUT2D eigenvalue weighted by Crippen LogP contribution is 2.29. The van der Waals surface area contributed by atoms with E-state index in [0.29, 0.717) is 0 Å². The number of ether oxygens (including phenoxy) is 2. The maximum Gasteiger partial charge on any atom is 0.266 e. The molecule has 2 rings (SSSR count). The number of rotatable bonds is 1. The molecule has 0 aliphatic carbocycles. The van der Waals surface area contributed by atoms with E-state index in [4.69, 9.17) is 9.47 Å². The van der Waals surface area contributed by atoms with Crippen LogP contribution in [0.25, 0.3) is 0 Å². The Morgan fingerprint density at radius 1 is 0.923 bits per heavy atom. The van der Waals surface area contributed by atoms with Gasteiger partial charge < -0.3 is 9.47 Å². The molecular weight excluding hydrogens is 300 g/mol. The number of benzene rings is 1. The van der Waals surface area contributed by atoms with Crippen LogP contribution in [0.1, 0.15) is 11.9 Å². The number of hydrogen-bond donors (Lipinski definition) is 0. The van der Waals surface area contributed by atoms with Crippen LogP contribution < -0.4 is 0 Å². The molecule has 68 valence electrons. The first-order valence-electron chi connectivity index (χ1n) is 3.67. The van der Waals surface area contributed by atoms with E-state index >= 15 is 0 Å². The molecule has 0 atom stereocenters. The fourth-order valence-electron chi connectivity index (χ4n) is 1.11. The lowest BCUT2D eigenvalue weighted by atomic mass is 10.2. The van der Waals surface area contributed by atoms with Crippen molar-refractivity contribution in [2.24, 2.45) is 0 Å². The molecule has 0 unspecified atom stereocenters. The predicted octanol–water partition coefficient (Wildman–Crippen LogP) is 3.73. The molecule has 4 heteroatoms. The normalized spacial score (nSPS) is 15.5. The Bertz CT molecular complexity index is 321. The Labute approximate surface area is 92.8 Å². The zero-order chi connectivity index (χ0) is 9.26. The lowest BCUT2D eigenvalue weighted by Gasteiger charge is -2.10. The maximum atomic E-state index is 5.20. The van der Waals surface area contributed by atoms with Gasteiger partial charge in [-0.2, -0.15) is 0 Å². The highest BCUT2D eigenvalue weighted by atomic mass is 79.9. The van der Waals surface area contributed by atoms with Gasteiger partial charge >= 0.3 is 0 Å². The maximum absolute atomic E-state index is 5.20. The number of halogens is 2. The minimum Gasteiger partial charge on any atom is -0.455 e. The second kappa shape index (κ2) is 3.72. The molecule has 0 bridgehead atoms. The van der Waals surface area contributed by atoms with E-state index in [0.717, 1.165) is 14.5 Å². The molecule has 1 aromatic carbocycles. The van der Waals surface area contributed by atoms with Gasteiger partial charge in [0.2, 0.25) is 0 Å². The molecule has 0 saturated heterocycles. The summed E-state index contributed by atoms with van der Waals surface area (Å²) in [5.74, 6) is 0. The number of hydrogen-bond acceptors (Lipinski definition) is 2. The molecule has 13 heavy (non-hydrogen) atoms. The van der Waals surface area contributed by atoms with E-state index in [1.54, 1.807) is 12.5 Å². The lowest BCUT2D eigenvalue weighted by Crippen LogP contribution is -1.97. The molecule has 0 amide bonds. The molecule has 0 radical (unpaired) electrons. The van der Waals surface area contributed by atoms with Gasteiger partial charge in [0.05, 0.1) is 0 Å². The van der Waals surface area contributed by atoms with Gasteiger partial charge in [-0.05, 0) is 18.2 Å². The highest BCUT2D eigenvalue weighted by Gasteiger charge is 2.15. The Kier molecular flexibility index (Phi) is 2.60. The van der Waals surface area contributed by atoms with Gasteiger partial charge in [-0.25, -0.2) is 0 Å². The second-order valence-corrected chi connectivity index (χ2v) is 4.41. The van der Waals surface area contributed by atoms with Crippen LogP contribution in [0.3, 0.4) is 0 Å². The van der Waals surface area contributed by atoms with Crippen LogP contribution >= 0.6 is 31.9 Å². The van der Waals surface area contributed by atoms with E-state index in [2.05, 4.69) is 31.9 Å². The van der Waals surface area contributed by atoms with Crippen LogP contribution in [0, 0.1) is 0 Å². The molecule has 1 heterocycles. The van der Waals surface area contributed by atoms with Gasteiger partial charge in [-0.3, -0.25) is 0 Å². The van der Waals surface area contributed by atoms with Crippen molar-refractivity contribution in [3.05, 3.63) is 45.2 Å². The predicted molar refractivity (Wildman–Crippen MR) is 55.9 cm³/mol. The van der Waals surface area contributed by atoms with Crippen molar-refractivity contribution in [2.45, 2.75) is 6.29 Å². The van der Waals surface area contributed by atoms with Crippen LogP contribution in [0.2, 0.25) is 0 Å². The lowest BCUT2D eigenvalue weighted by molar-refractivity contribution is -0.0246. The van der Waals surface area contributed by atoms with Gasteiger partial charge in [0, 0.05) is 14.5 Å². The highest BCUT2D eigenvalue weighted by molar-refractivity contribution is 9.11. The minimum absolute atomic E-state index is 0.311. The third-order valence-electron chi connectivity index (χ3n) is 1.62. The van der Waals surface area contributed by atoms with Gasteiger partial charge in [0.15, 0.2) is 0 Å². The van der Waals surface area contributed by atoms with E-state index in [1.165, 1.54) is 0 Å². The summed E-state index contributed by atoms with van der Waals surface area (Å²) < 4.78 is 12.4. The molecule has 0 spiro atoms. The van der Waals surface area contributed by atoms with Crippen LogP contribution in [0.5, 0.6) is 0 Å². The molecule has 1 aromatic rings. The van der Waals surface area contributed by atoms with Crippen molar-refractivity contribution >= 4 is 31.9 Å². The van der Waals surface area contributed by atoms with Crippen molar-refractivity contribution in [3.8, 4) is 0 Å². The summed E-state index contributed by atoms with van der Waals surface area (Å²) in [4.78, 5) is 0. The average molecular weight is 306 g/mol. The summed E-state index contributed by atoms with van der Waals surface area (Å²) in [5.41, 5.74) is 0.978. The Balaban J connectivity index is 2.29. The van der Waals surface area contributed by atoms with Gasteiger partial charge in [-0.1, -0.05) is 31.9 Å². The first-order chi connectivity index (χ1) is 6.25. The zero-order valence-corrected chi connectivity index (χ0v) is 9.71.